The smallest absolute Gasteiger partial charge is 0.166 e. The molecule has 1 atom stereocenters. The molecule has 88 valence electrons. The molecule has 4 heteroatoms. The van der Waals surface area contributed by atoms with Crippen molar-refractivity contribution in [3.8, 4) is 0 Å². The van der Waals surface area contributed by atoms with Crippen molar-refractivity contribution in [1.82, 2.24) is 10.6 Å². The molecule has 16 heavy (non-hydrogen) atoms. The first kappa shape index (κ1) is 13.3. The second-order valence-corrected chi connectivity index (χ2v) is 4.52. The van der Waals surface area contributed by atoms with Crippen LogP contribution in [0.4, 0.5) is 0 Å². The Bertz CT molecular complexity index is 337. The molecule has 1 unspecified atom stereocenters. The average Bonchev–Trinajstić information content (AvgIpc) is 2.27. The fourth-order valence-corrected chi connectivity index (χ4v) is 1.73. The number of benzene rings is 1. The molecule has 0 amide bonds. The van der Waals surface area contributed by atoms with E-state index in [9.17, 15) is 0 Å². The molecular formula is C12H17ClN2S. The number of thiocarbonyl (C=S) groups is 1. The van der Waals surface area contributed by atoms with Crippen LogP contribution in [0.2, 0.25) is 5.02 Å². The second kappa shape index (κ2) is 6.71. The van der Waals surface area contributed by atoms with Crippen molar-refractivity contribution in [3.63, 3.8) is 0 Å². The van der Waals surface area contributed by atoms with Crippen LogP contribution in [0.25, 0.3) is 0 Å². The Morgan fingerprint density at radius 1 is 1.38 bits per heavy atom. The highest BCUT2D eigenvalue weighted by Crippen LogP contribution is 2.15. The zero-order valence-electron chi connectivity index (χ0n) is 9.59. The molecule has 1 aromatic carbocycles. The van der Waals surface area contributed by atoms with Gasteiger partial charge in [0.2, 0.25) is 0 Å². The van der Waals surface area contributed by atoms with Crippen molar-refractivity contribution < 1.29 is 0 Å². The molecule has 0 radical (unpaired) electrons. The second-order valence-electron chi connectivity index (χ2n) is 3.67. The molecule has 1 aromatic rings. The molecule has 0 aliphatic rings. The highest BCUT2D eigenvalue weighted by Gasteiger charge is 2.05. The maximum Gasteiger partial charge on any atom is 0.166 e. The Hall–Kier alpha value is -0.800. The van der Waals surface area contributed by atoms with E-state index in [1.165, 1.54) is 5.56 Å². The number of halogens is 1. The molecule has 0 saturated carbocycles. The van der Waals surface area contributed by atoms with Gasteiger partial charge >= 0.3 is 0 Å². The van der Waals surface area contributed by atoms with Gasteiger partial charge in [0.15, 0.2) is 5.11 Å². The van der Waals surface area contributed by atoms with Gasteiger partial charge in [-0.05, 0) is 43.3 Å². The Labute approximate surface area is 107 Å². The first-order valence-corrected chi connectivity index (χ1v) is 6.22. The minimum atomic E-state index is 0.189. The van der Waals surface area contributed by atoms with Crippen molar-refractivity contribution in [3.05, 3.63) is 34.9 Å². The number of nitrogens with one attached hydrogen (secondary N) is 2. The van der Waals surface area contributed by atoms with Crippen molar-refractivity contribution in [2.45, 2.75) is 26.3 Å². The van der Waals surface area contributed by atoms with Crippen LogP contribution in [0.3, 0.4) is 0 Å². The normalized spacial score (nSPS) is 11.9. The van der Waals surface area contributed by atoms with Gasteiger partial charge in [-0.15, -0.1) is 0 Å². The summed E-state index contributed by atoms with van der Waals surface area (Å²) in [6.45, 7) is 5.08. The third-order valence-corrected chi connectivity index (χ3v) is 2.77. The number of rotatable bonds is 4. The minimum Gasteiger partial charge on any atom is -0.363 e. The van der Waals surface area contributed by atoms with Crippen molar-refractivity contribution >= 4 is 28.9 Å². The Morgan fingerprint density at radius 2 is 2.00 bits per heavy atom. The molecule has 0 bridgehead atoms. The van der Waals surface area contributed by atoms with Crippen LogP contribution in [0.15, 0.2) is 24.3 Å². The molecule has 0 aromatic heterocycles. The molecule has 1 rings (SSSR count). The summed E-state index contributed by atoms with van der Waals surface area (Å²) in [4.78, 5) is 0. The fraction of sp³-hybridized carbons (Fsp3) is 0.417. The molecule has 0 fully saturated rings. The summed E-state index contributed by atoms with van der Waals surface area (Å²) >= 11 is 11.0. The van der Waals surface area contributed by atoms with Crippen LogP contribution >= 0.6 is 23.8 Å². The lowest BCUT2D eigenvalue weighted by Gasteiger charge is -2.17. The predicted molar refractivity (Wildman–Crippen MR) is 73.9 cm³/mol. The molecule has 2 nitrogen and oxygen atoms in total. The highest BCUT2D eigenvalue weighted by atomic mass is 35.5. The third-order valence-electron chi connectivity index (χ3n) is 2.25. The molecular weight excluding hydrogens is 240 g/mol. The summed E-state index contributed by atoms with van der Waals surface area (Å²) in [5.74, 6) is 0. The Morgan fingerprint density at radius 3 is 2.56 bits per heavy atom. The van der Waals surface area contributed by atoms with Crippen LogP contribution in [-0.4, -0.2) is 11.7 Å². The van der Waals surface area contributed by atoms with Crippen LogP contribution in [0.1, 0.15) is 31.9 Å². The lowest BCUT2D eigenvalue weighted by Crippen LogP contribution is -2.37. The molecule has 2 N–H and O–H groups in total. The van der Waals surface area contributed by atoms with Gasteiger partial charge in [-0.25, -0.2) is 0 Å². The first-order valence-electron chi connectivity index (χ1n) is 5.43. The van der Waals surface area contributed by atoms with Gasteiger partial charge in [-0.1, -0.05) is 30.7 Å². The van der Waals surface area contributed by atoms with Crippen molar-refractivity contribution in [1.29, 1.82) is 0 Å². The summed E-state index contributed by atoms with van der Waals surface area (Å²) in [5, 5.41) is 7.82. The summed E-state index contributed by atoms with van der Waals surface area (Å²) < 4.78 is 0. The molecule has 0 heterocycles. The van der Waals surface area contributed by atoms with Crippen LogP contribution < -0.4 is 10.6 Å². The van der Waals surface area contributed by atoms with Crippen LogP contribution in [0, 0.1) is 0 Å². The van der Waals surface area contributed by atoms with E-state index in [0.717, 1.165) is 18.0 Å². The van der Waals surface area contributed by atoms with E-state index in [4.69, 9.17) is 23.8 Å². The van der Waals surface area contributed by atoms with E-state index in [2.05, 4.69) is 24.5 Å². The average molecular weight is 257 g/mol. The summed E-state index contributed by atoms with van der Waals surface area (Å²) in [6, 6.07) is 7.97. The first-order chi connectivity index (χ1) is 7.63. The molecule has 0 aliphatic carbocycles. The highest BCUT2D eigenvalue weighted by molar-refractivity contribution is 7.80. The standard InChI is InChI=1S/C12H17ClN2S/c1-3-8-14-12(16)15-9(2)10-4-6-11(13)7-5-10/h4-7,9H,3,8H2,1-2H3,(H2,14,15,16). The minimum absolute atomic E-state index is 0.189. The van der Waals surface area contributed by atoms with Gasteiger partial charge in [-0.3, -0.25) is 0 Å². The summed E-state index contributed by atoms with van der Waals surface area (Å²) in [6.07, 6.45) is 1.07. The molecule has 0 aliphatic heterocycles. The number of hydrogen-bond donors (Lipinski definition) is 2. The van der Waals surface area contributed by atoms with Gasteiger partial charge in [0, 0.05) is 11.6 Å². The quantitative estimate of drug-likeness (QED) is 0.809. The van der Waals surface area contributed by atoms with Crippen molar-refractivity contribution in [2.24, 2.45) is 0 Å². The summed E-state index contributed by atoms with van der Waals surface area (Å²) in [5.41, 5.74) is 1.17. The van der Waals surface area contributed by atoms with Crippen molar-refractivity contribution in [2.75, 3.05) is 6.54 Å². The van der Waals surface area contributed by atoms with Gasteiger partial charge in [0.05, 0.1) is 6.04 Å². The fourth-order valence-electron chi connectivity index (χ4n) is 1.32. The van der Waals surface area contributed by atoms with E-state index in [1.807, 2.05) is 24.3 Å². The van der Waals surface area contributed by atoms with Gasteiger partial charge in [0.1, 0.15) is 0 Å². The van der Waals surface area contributed by atoms with E-state index in [1.54, 1.807) is 0 Å². The van der Waals surface area contributed by atoms with Gasteiger partial charge in [-0.2, -0.15) is 0 Å². The van der Waals surface area contributed by atoms with E-state index >= 15 is 0 Å². The van der Waals surface area contributed by atoms with Gasteiger partial charge < -0.3 is 10.6 Å². The van der Waals surface area contributed by atoms with E-state index < -0.39 is 0 Å². The third kappa shape index (κ3) is 4.37. The van der Waals surface area contributed by atoms with E-state index in [-0.39, 0.29) is 6.04 Å². The SMILES string of the molecule is CCCNC(=S)NC(C)c1ccc(Cl)cc1. The maximum atomic E-state index is 5.83. The zero-order chi connectivity index (χ0) is 12.0. The maximum absolute atomic E-state index is 5.83. The Balaban J connectivity index is 2.48. The largest absolute Gasteiger partial charge is 0.363 e. The Kier molecular flexibility index (Phi) is 5.56. The van der Waals surface area contributed by atoms with Crippen LogP contribution in [0.5, 0.6) is 0 Å². The molecule has 0 saturated heterocycles. The predicted octanol–water partition coefficient (Wildman–Crippen LogP) is 3.28. The number of hydrogen-bond acceptors (Lipinski definition) is 1. The lowest BCUT2D eigenvalue weighted by molar-refractivity contribution is 0.694. The van der Waals surface area contributed by atoms with Crippen LogP contribution in [-0.2, 0) is 0 Å². The van der Waals surface area contributed by atoms with Gasteiger partial charge in [0.25, 0.3) is 0 Å². The summed E-state index contributed by atoms with van der Waals surface area (Å²) in [7, 11) is 0. The lowest BCUT2D eigenvalue weighted by atomic mass is 10.1. The molecule has 0 spiro atoms. The monoisotopic (exact) mass is 256 g/mol. The zero-order valence-corrected chi connectivity index (χ0v) is 11.2. The van der Waals surface area contributed by atoms with E-state index in [0.29, 0.717) is 5.11 Å². The topological polar surface area (TPSA) is 24.1 Å².